The monoisotopic (exact) mass is 501 g/mol. The average Bonchev–Trinajstić information content (AvgIpc) is 2.91. The van der Waals surface area contributed by atoms with Crippen molar-refractivity contribution >= 4 is 23.3 Å². The summed E-state index contributed by atoms with van der Waals surface area (Å²) >= 11 is 0. The van der Waals surface area contributed by atoms with Crippen molar-refractivity contribution in [2.45, 2.75) is 6.42 Å². The number of nitrogens with one attached hydrogen (secondary N) is 2. The number of anilines is 2. The Hall–Kier alpha value is -4.72. The minimum absolute atomic E-state index is 0.0564. The minimum Gasteiger partial charge on any atom is -0.457 e. The lowest BCUT2D eigenvalue weighted by Gasteiger charge is -2.24. The Labute approximate surface area is 213 Å². The van der Waals surface area contributed by atoms with Crippen LogP contribution in [0.1, 0.15) is 16.8 Å². The topological polar surface area (TPSA) is 70.7 Å². The first-order valence-corrected chi connectivity index (χ1v) is 11.7. The molecular formula is C29H25F2N3O3. The molecule has 4 aromatic rings. The molecule has 0 aromatic heterocycles. The first kappa shape index (κ1) is 25.4. The normalized spacial score (nSPS) is 10.4. The number of carbonyl (C=O) groups excluding carboxylic acids is 2. The molecule has 3 amide bonds. The van der Waals surface area contributed by atoms with Crippen molar-refractivity contribution in [1.29, 1.82) is 0 Å². The highest BCUT2D eigenvalue weighted by Gasteiger charge is 2.18. The Bertz CT molecular complexity index is 1350. The Morgan fingerprint density at radius 1 is 0.784 bits per heavy atom. The van der Waals surface area contributed by atoms with Crippen molar-refractivity contribution < 1.29 is 23.1 Å². The summed E-state index contributed by atoms with van der Waals surface area (Å²) in [5, 5.41) is 5.32. The predicted octanol–water partition coefficient (Wildman–Crippen LogP) is 6.62. The molecule has 0 saturated heterocycles. The molecule has 4 aromatic carbocycles. The third kappa shape index (κ3) is 7.14. The van der Waals surface area contributed by atoms with Crippen molar-refractivity contribution in [3.05, 3.63) is 120 Å². The number of ether oxygens (including phenoxy) is 1. The molecule has 6 nitrogen and oxygen atoms in total. The fourth-order valence-electron chi connectivity index (χ4n) is 3.58. The number of hydrogen-bond donors (Lipinski definition) is 2. The smallest absolute Gasteiger partial charge is 0.326 e. The van der Waals surface area contributed by atoms with E-state index in [-0.39, 0.29) is 24.3 Å². The molecule has 0 atom stereocenters. The highest BCUT2D eigenvalue weighted by atomic mass is 19.1. The summed E-state index contributed by atoms with van der Waals surface area (Å²) in [6.45, 7) is 0.469. The Balaban J connectivity index is 1.43. The second-order valence-corrected chi connectivity index (χ2v) is 8.09. The third-order valence-corrected chi connectivity index (χ3v) is 5.42. The summed E-state index contributed by atoms with van der Waals surface area (Å²) in [6, 6.07) is 27.0. The van der Waals surface area contributed by atoms with E-state index in [0.717, 1.165) is 6.07 Å². The molecule has 0 aliphatic rings. The summed E-state index contributed by atoms with van der Waals surface area (Å²) < 4.78 is 33.3. The molecule has 188 valence electrons. The molecular weight excluding hydrogens is 476 g/mol. The van der Waals surface area contributed by atoms with E-state index in [2.05, 4.69) is 10.6 Å². The molecule has 37 heavy (non-hydrogen) atoms. The molecule has 0 saturated carbocycles. The predicted molar refractivity (Wildman–Crippen MR) is 139 cm³/mol. The van der Waals surface area contributed by atoms with Gasteiger partial charge in [0.2, 0.25) is 0 Å². The van der Waals surface area contributed by atoms with Gasteiger partial charge in [-0.3, -0.25) is 9.69 Å². The standard InChI is InChI=1S/C29H25F2N3O3/c30-22-9-6-8-21(20-22)28(35)32-18-7-19-34(29(36)33-27-13-5-4-12-26(27)31)23-14-16-25(17-15-23)37-24-10-2-1-3-11-24/h1-6,8-17,20H,7,18-19H2,(H,32,35)(H,33,36). The van der Waals surface area contributed by atoms with E-state index in [1.54, 1.807) is 30.3 Å². The second-order valence-electron chi connectivity index (χ2n) is 8.09. The number of nitrogens with zero attached hydrogens (tertiary/aromatic N) is 1. The molecule has 0 unspecified atom stereocenters. The number of amides is 3. The van der Waals surface area contributed by atoms with Crippen LogP contribution in [0.25, 0.3) is 0 Å². The Morgan fingerprint density at radius 2 is 1.49 bits per heavy atom. The molecule has 0 spiro atoms. The Morgan fingerprint density at radius 3 is 2.22 bits per heavy atom. The number of urea groups is 1. The molecule has 0 fully saturated rings. The van der Waals surface area contributed by atoms with Crippen molar-refractivity contribution in [1.82, 2.24) is 5.32 Å². The number of carbonyl (C=O) groups is 2. The highest BCUT2D eigenvalue weighted by molar-refractivity contribution is 6.01. The fourth-order valence-corrected chi connectivity index (χ4v) is 3.58. The molecule has 0 radical (unpaired) electrons. The number of rotatable bonds is 9. The maximum atomic E-state index is 14.1. The molecule has 0 aliphatic carbocycles. The molecule has 0 bridgehead atoms. The quantitative estimate of drug-likeness (QED) is 0.253. The van der Waals surface area contributed by atoms with Gasteiger partial charge in [0.25, 0.3) is 5.91 Å². The SMILES string of the molecule is O=C(NCCCN(C(=O)Nc1ccccc1F)c1ccc(Oc2ccccc2)cc1)c1cccc(F)c1. The van der Waals surface area contributed by atoms with Gasteiger partial charge in [0.15, 0.2) is 0 Å². The van der Waals surface area contributed by atoms with Gasteiger partial charge < -0.3 is 15.4 Å². The molecule has 0 aliphatic heterocycles. The van der Waals surface area contributed by atoms with Crippen molar-refractivity contribution in [3.8, 4) is 11.5 Å². The lowest BCUT2D eigenvalue weighted by molar-refractivity contribution is 0.0953. The van der Waals surface area contributed by atoms with E-state index in [1.165, 1.54) is 41.3 Å². The summed E-state index contributed by atoms with van der Waals surface area (Å²) in [5.41, 5.74) is 0.829. The van der Waals surface area contributed by atoms with Crippen LogP contribution in [0.5, 0.6) is 11.5 Å². The van der Waals surface area contributed by atoms with Gasteiger partial charge >= 0.3 is 6.03 Å². The summed E-state index contributed by atoms with van der Waals surface area (Å²) in [5.74, 6) is -0.192. The Kier molecular flexibility index (Phi) is 8.44. The molecule has 0 heterocycles. The summed E-state index contributed by atoms with van der Waals surface area (Å²) in [7, 11) is 0. The fraction of sp³-hybridized carbons (Fsp3) is 0.103. The lowest BCUT2D eigenvalue weighted by atomic mass is 10.2. The van der Waals surface area contributed by atoms with Gasteiger partial charge in [-0.15, -0.1) is 0 Å². The van der Waals surface area contributed by atoms with Crippen LogP contribution in [0.2, 0.25) is 0 Å². The van der Waals surface area contributed by atoms with Crippen LogP contribution in [-0.4, -0.2) is 25.0 Å². The van der Waals surface area contributed by atoms with E-state index >= 15 is 0 Å². The van der Waals surface area contributed by atoms with Crippen molar-refractivity contribution in [2.75, 3.05) is 23.3 Å². The van der Waals surface area contributed by atoms with Crippen molar-refractivity contribution in [2.24, 2.45) is 0 Å². The van der Waals surface area contributed by atoms with Crippen LogP contribution in [0.3, 0.4) is 0 Å². The lowest BCUT2D eigenvalue weighted by Crippen LogP contribution is -2.37. The van der Waals surface area contributed by atoms with Gasteiger partial charge in [-0.2, -0.15) is 0 Å². The zero-order valence-electron chi connectivity index (χ0n) is 19.9. The molecule has 4 rings (SSSR count). The van der Waals surface area contributed by atoms with E-state index in [1.807, 2.05) is 30.3 Å². The molecule has 8 heteroatoms. The maximum Gasteiger partial charge on any atom is 0.326 e. The zero-order valence-corrected chi connectivity index (χ0v) is 19.9. The van der Waals surface area contributed by atoms with Crippen LogP contribution in [0, 0.1) is 11.6 Å². The summed E-state index contributed by atoms with van der Waals surface area (Å²) in [4.78, 5) is 26.9. The van der Waals surface area contributed by atoms with Crippen molar-refractivity contribution in [3.63, 3.8) is 0 Å². The largest absolute Gasteiger partial charge is 0.457 e. The van der Waals surface area contributed by atoms with Gasteiger partial charge in [0.05, 0.1) is 5.69 Å². The maximum absolute atomic E-state index is 14.1. The van der Waals surface area contributed by atoms with Gasteiger partial charge in [-0.25, -0.2) is 13.6 Å². The average molecular weight is 502 g/mol. The van der Waals surface area contributed by atoms with E-state index in [9.17, 15) is 18.4 Å². The van der Waals surface area contributed by atoms with Crippen LogP contribution in [-0.2, 0) is 0 Å². The van der Waals surface area contributed by atoms with Crippen LogP contribution < -0.4 is 20.3 Å². The van der Waals surface area contributed by atoms with Gasteiger partial charge in [-0.05, 0) is 73.2 Å². The third-order valence-electron chi connectivity index (χ3n) is 5.42. The first-order valence-electron chi connectivity index (χ1n) is 11.7. The minimum atomic E-state index is -0.551. The number of para-hydroxylation sites is 2. The number of halogens is 2. The summed E-state index contributed by atoms with van der Waals surface area (Å²) in [6.07, 6.45) is 0.397. The van der Waals surface area contributed by atoms with Crippen LogP contribution in [0.15, 0.2) is 103 Å². The second kappa shape index (κ2) is 12.3. The van der Waals surface area contributed by atoms with Crippen LogP contribution in [0.4, 0.5) is 25.0 Å². The zero-order chi connectivity index (χ0) is 26.0. The molecule has 2 N–H and O–H groups in total. The number of benzene rings is 4. The first-order chi connectivity index (χ1) is 18.0. The highest BCUT2D eigenvalue weighted by Crippen LogP contribution is 2.25. The van der Waals surface area contributed by atoms with Gasteiger partial charge in [0, 0.05) is 24.3 Å². The van der Waals surface area contributed by atoms with E-state index in [0.29, 0.717) is 23.6 Å². The van der Waals surface area contributed by atoms with Crippen LogP contribution >= 0.6 is 0 Å². The van der Waals surface area contributed by atoms with E-state index < -0.39 is 23.6 Å². The number of hydrogen-bond acceptors (Lipinski definition) is 3. The van der Waals surface area contributed by atoms with E-state index in [4.69, 9.17) is 4.74 Å². The van der Waals surface area contributed by atoms with Gasteiger partial charge in [-0.1, -0.05) is 36.4 Å². The van der Waals surface area contributed by atoms with Gasteiger partial charge in [0.1, 0.15) is 23.1 Å².